The van der Waals surface area contributed by atoms with Crippen molar-refractivity contribution < 1.29 is 24.0 Å². The number of allylic oxidation sites excluding steroid dienone is 1. The molecule has 3 aliphatic carbocycles. The van der Waals surface area contributed by atoms with E-state index in [-0.39, 0.29) is 44.9 Å². The molecule has 3 heterocycles. The number of amides is 2. The number of carbonyl (C=O) groups is 3. The summed E-state index contributed by atoms with van der Waals surface area (Å²) in [7, 11) is 0. The number of ether oxygens (including phenoxy) is 1. The summed E-state index contributed by atoms with van der Waals surface area (Å²) in [4.78, 5) is 76.2. The molecule has 1 aromatic heterocycles. The van der Waals surface area contributed by atoms with Gasteiger partial charge < -0.3 is 4.74 Å². The zero-order valence-electron chi connectivity index (χ0n) is 30.3. The molecule has 10 rings (SSSR count). The molecule has 2 aliphatic heterocycles. The summed E-state index contributed by atoms with van der Waals surface area (Å²) in [5.74, 6) is -3.32. The van der Waals surface area contributed by atoms with Crippen molar-refractivity contribution >= 4 is 46.6 Å². The Kier molecular flexibility index (Phi) is 7.77. The Morgan fingerprint density at radius 2 is 1.58 bits per heavy atom. The first-order valence-corrected chi connectivity index (χ1v) is 18.9. The molecule has 274 valence electrons. The number of esters is 1. The normalized spacial score (nSPS) is 23.6. The fourth-order valence-corrected chi connectivity index (χ4v) is 10.4. The first kappa shape index (κ1) is 34.5. The van der Waals surface area contributed by atoms with Gasteiger partial charge in [0.15, 0.2) is 4.80 Å². The van der Waals surface area contributed by atoms with E-state index in [0.29, 0.717) is 22.5 Å². The predicted molar refractivity (Wildman–Crippen MR) is 205 cm³/mol. The molecule has 1 saturated heterocycles. The third-order valence-electron chi connectivity index (χ3n) is 11.6. The van der Waals surface area contributed by atoms with Crippen LogP contribution in [0.1, 0.15) is 64.8 Å². The first-order valence-electron chi connectivity index (χ1n) is 18.1. The molecule has 0 radical (unpaired) electrons. The minimum atomic E-state index is -1.24. The Hall–Kier alpha value is -6.27. The van der Waals surface area contributed by atoms with Gasteiger partial charge in [0.2, 0.25) is 11.8 Å². The molecule has 5 aliphatic rings. The van der Waals surface area contributed by atoms with Gasteiger partial charge in [-0.25, -0.2) is 14.7 Å². The van der Waals surface area contributed by atoms with Gasteiger partial charge in [0.25, 0.3) is 11.2 Å². The maximum Gasteiger partial charge on any atom is 0.338 e. The molecule has 55 heavy (non-hydrogen) atoms. The zero-order chi connectivity index (χ0) is 38.5. The van der Waals surface area contributed by atoms with Crippen LogP contribution in [0.3, 0.4) is 0 Å². The van der Waals surface area contributed by atoms with Gasteiger partial charge in [0, 0.05) is 17.5 Å². The SMILES string of the molecule is CCOC(=O)C1=C(C)N=c2s/c(=C/C34c5ccccc5C(c5ccccc53)[C@@H]3C(=O)N(c5ccc(C)cc5)C(=O)[C@@H]34)c(=O)n2[C@@H]1c1ccc(C)c([N+](=O)[O-])c1. The smallest absolute Gasteiger partial charge is 0.338 e. The third-order valence-corrected chi connectivity index (χ3v) is 12.6. The van der Waals surface area contributed by atoms with E-state index in [1.165, 1.54) is 15.5 Å². The van der Waals surface area contributed by atoms with Gasteiger partial charge in [0.1, 0.15) is 0 Å². The van der Waals surface area contributed by atoms with Crippen molar-refractivity contribution in [1.29, 1.82) is 0 Å². The highest BCUT2D eigenvalue weighted by Gasteiger charge is 2.67. The van der Waals surface area contributed by atoms with Crippen LogP contribution in [0.15, 0.2) is 112 Å². The lowest BCUT2D eigenvalue weighted by molar-refractivity contribution is -0.385. The predicted octanol–water partition coefficient (Wildman–Crippen LogP) is 5.53. The molecule has 0 saturated carbocycles. The number of nitro groups is 1. The molecular formula is C43H34N4O7S. The van der Waals surface area contributed by atoms with Crippen LogP contribution in [0, 0.1) is 35.8 Å². The van der Waals surface area contributed by atoms with Crippen LogP contribution in [0.4, 0.5) is 11.4 Å². The summed E-state index contributed by atoms with van der Waals surface area (Å²) in [5, 5.41) is 12.1. The van der Waals surface area contributed by atoms with Crippen molar-refractivity contribution in [2.24, 2.45) is 16.8 Å². The highest BCUT2D eigenvalue weighted by atomic mass is 32.1. The number of nitro benzene ring substituents is 1. The topological polar surface area (TPSA) is 141 Å². The Morgan fingerprint density at radius 1 is 0.927 bits per heavy atom. The second kappa shape index (κ2) is 12.4. The number of aryl methyl sites for hydroxylation is 2. The second-order valence-corrected chi connectivity index (χ2v) is 15.5. The minimum absolute atomic E-state index is 0.0675. The summed E-state index contributed by atoms with van der Waals surface area (Å²) < 4.78 is 7.09. The van der Waals surface area contributed by atoms with Crippen LogP contribution in [0.25, 0.3) is 6.08 Å². The fourth-order valence-electron chi connectivity index (χ4n) is 9.33. The number of aromatic nitrogens is 1. The Morgan fingerprint density at radius 3 is 2.22 bits per heavy atom. The molecule has 1 fully saturated rings. The third kappa shape index (κ3) is 4.77. The van der Waals surface area contributed by atoms with Crippen LogP contribution in [0.5, 0.6) is 0 Å². The molecule has 0 spiro atoms. The number of anilines is 1. The quantitative estimate of drug-likeness (QED) is 0.0963. The van der Waals surface area contributed by atoms with Gasteiger partial charge in [-0.3, -0.25) is 29.1 Å². The van der Waals surface area contributed by atoms with Gasteiger partial charge in [-0.1, -0.05) is 89.7 Å². The molecule has 12 heteroatoms. The van der Waals surface area contributed by atoms with Crippen LogP contribution in [-0.4, -0.2) is 33.9 Å². The van der Waals surface area contributed by atoms with Crippen molar-refractivity contribution in [2.45, 2.75) is 45.1 Å². The van der Waals surface area contributed by atoms with Crippen LogP contribution >= 0.6 is 11.3 Å². The second-order valence-electron chi connectivity index (χ2n) is 14.5. The molecule has 0 unspecified atom stereocenters. The molecule has 2 amide bonds. The van der Waals surface area contributed by atoms with Gasteiger partial charge in [-0.2, -0.15) is 0 Å². The lowest BCUT2D eigenvalue weighted by Gasteiger charge is -2.53. The highest BCUT2D eigenvalue weighted by Crippen LogP contribution is 2.65. The fraction of sp³-hybridized carbons (Fsp3) is 0.233. The number of carbonyl (C=O) groups excluding carboxylic acids is 3. The molecule has 3 atom stereocenters. The summed E-state index contributed by atoms with van der Waals surface area (Å²) in [6.45, 7) is 6.96. The van der Waals surface area contributed by atoms with Crippen LogP contribution < -0.4 is 19.8 Å². The monoisotopic (exact) mass is 750 g/mol. The maximum absolute atomic E-state index is 15.1. The Balaban J connectivity index is 1.33. The zero-order valence-corrected chi connectivity index (χ0v) is 31.1. The molecule has 0 N–H and O–H groups in total. The van der Waals surface area contributed by atoms with Crippen molar-refractivity contribution in [3.63, 3.8) is 0 Å². The summed E-state index contributed by atoms with van der Waals surface area (Å²) in [6.07, 6.45) is 1.84. The number of rotatable bonds is 6. The van der Waals surface area contributed by atoms with E-state index >= 15 is 4.79 Å². The maximum atomic E-state index is 15.1. The number of imide groups is 1. The first-order chi connectivity index (χ1) is 26.5. The number of hydrogen-bond donors (Lipinski definition) is 0. The minimum Gasteiger partial charge on any atom is -0.463 e. The van der Waals surface area contributed by atoms with Gasteiger partial charge >= 0.3 is 5.97 Å². The Labute approximate surface area is 318 Å². The van der Waals surface area contributed by atoms with E-state index in [0.717, 1.165) is 39.2 Å². The van der Waals surface area contributed by atoms with E-state index in [1.807, 2.05) is 73.7 Å². The molecular weight excluding hydrogens is 717 g/mol. The average molecular weight is 751 g/mol. The molecule has 11 nitrogen and oxygen atoms in total. The van der Waals surface area contributed by atoms with E-state index in [4.69, 9.17) is 9.73 Å². The van der Waals surface area contributed by atoms with Crippen molar-refractivity contribution in [3.05, 3.63) is 171 Å². The number of nitrogens with zero attached hydrogens (tertiary/aromatic N) is 4. The van der Waals surface area contributed by atoms with Crippen molar-refractivity contribution in [3.8, 4) is 0 Å². The largest absolute Gasteiger partial charge is 0.463 e. The summed E-state index contributed by atoms with van der Waals surface area (Å²) >= 11 is 1.11. The van der Waals surface area contributed by atoms with Crippen LogP contribution in [0.2, 0.25) is 0 Å². The number of hydrogen-bond acceptors (Lipinski definition) is 9. The lowest BCUT2D eigenvalue weighted by Crippen LogP contribution is -2.53. The summed E-state index contributed by atoms with van der Waals surface area (Å²) in [6, 6.07) is 26.5. The number of fused-ring (bicyclic) bond motifs is 1. The van der Waals surface area contributed by atoms with E-state index in [1.54, 1.807) is 45.0 Å². The lowest BCUT2D eigenvalue weighted by atomic mass is 9.47. The van der Waals surface area contributed by atoms with E-state index < -0.39 is 39.7 Å². The van der Waals surface area contributed by atoms with Crippen LogP contribution in [-0.2, 0) is 24.5 Å². The molecule has 4 aromatic carbocycles. The van der Waals surface area contributed by atoms with Crippen molar-refractivity contribution in [2.75, 3.05) is 11.5 Å². The standard InChI is InChI=1S/C43H34N4O7S/c1-5-54-41(51)33-24(4)44-42-46(37(33)25-17-16-23(3)31(20-25)47(52)53)38(48)32(55-42)21-43-29-12-8-6-10-27(29)34(28-11-7-9-13-30(28)43)35-36(43)40(50)45(39(35)49)26-18-14-22(2)15-19-26/h6-21,34-37H,5H2,1-4H3/b32-21+/t34?,35-,36+,37+,43?/m0/s1. The molecule has 2 bridgehead atoms. The summed E-state index contributed by atoms with van der Waals surface area (Å²) in [5.41, 5.74) is 4.30. The van der Waals surface area contributed by atoms with E-state index in [9.17, 15) is 24.5 Å². The Bertz CT molecular complexity index is 2720. The number of benzene rings is 4. The van der Waals surface area contributed by atoms with Crippen molar-refractivity contribution in [1.82, 2.24) is 4.57 Å². The number of thiazole rings is 1. The van der Waals surface area contributed by atoms with Gasteiger partial charge in [0.05, 0.1) is 56.3 Å². The molecule has 5 aromatic rings. The van der Waals surface area contributed by atoms with E-state index in [2.05, 4.69) is 0 Å². The van der Waals surface area contributed by atoms with Gasteiger partial charge in [-0.15, -0.1) is 0 Å². The van der Waals surface area contributed by atoms with Gasteiger partial charge in [-0.05, 0) is 73.7 Å². The average Bonchev–Trinajstić information content (AvgIpc) is 3.62. The highest BCUT2D eigenvalue weighted by molar-refractivity contribution is 7.07.